The highest BCUT2D eigenvalue weighted by Gasteiger charge is 2.32. The van der Waals surface area contributed by atoms with Crippen LogP contribution in [-0.2, 0) is 6.54 Å². The Kier molecular flexibility index (Phi) is 4.00. The zero-order chi connectivity index (χ0) is 12.3. The zero-order valence-electron chi connectivity index (χ0n) is 9.61. The van der Waals surface area contributed by atoms with Gasteiger partial charge in [0.25, 0.3) is 0 Å². The van der Waals surface area contributed by atoms with Crippen molar-refractivity contribution >= 4 is 11.6 Å². The summed E-state index contributed by atoms with van der Waals surface area (Å²) >= 11 is 5.97. The van der Waals surface area contributed by atoms with E-state index < -0.39 is 11.6 Å². The van der Waals surface area contributed by atoms with Crippen LogP contribution in [0.2, 0.25) is 0 Å². The van der Waals surface area contributed by atoms with Crippen molar-refractivity contribution in [1.29, 1.82) is 0 Å². The molecule has 17 heavy (non-hydrogen) atoms. The highest BCUT2D eigenvalue weighted by atomic mass is 35.5. The van der Waals surface area contributed by atoms with Gasteiger partial charge in [0, 0.05) is 23.5 Å². The van der Waals surface area contributed by atoms with Crippen molar-refractivity contribution in [2.75, 3.05) is 5.88 Å². The third-order valence-electron chi connectivity index (χ3n) is 3.50. The first-order valence-electron chi connectivity index (χ1n) is 5.91. The monoisotopic (exact) mass is 259 g/mol. The number of nitrogens with one attached hydrogen (secondary N) is 1. The standard InChI is InChI=1S/C13H16ClF2N/c14-9-13(6-1-2-7-13)17-8-10-4-3-5-11(15)12(10)16/h3-5,17H,1-2,6-9H2. The van der Waals surface area contributed by atoms with Crippen LogP contribution in [0.4, 0.5) is 8.78 Å². The highest BCUT2D eigenvalue weighted by Crippen LogP contribution is 2.31. The molecule has 0 atom stereocenters. The number of rotatable bonds is 4. The lowest BCUT2D eigenvalue weighted by Crippen LogP contribution is -2.44. The van der Waals surface area contributed by atoms with E-state index in [-0.39, 0.29) is 5.54 Å². The van der Waals surface area contributed by atoms with Gasteiger partial charge in [0.1, 0.15) is 0 Å². The number of hydrogen-bond donors (Lipinski definition) is 1. The molecule has 0 aromatic heterocycles. The molecule has 1 aliphatic carbocycles. The third-order valence-corrected chi connectivity index (χ3v) is 4.01. The second-order valence-electron chi connectivity index (χ2n) is 4.69. The van der Waals surface area contributed by atoms with Crippen LogP contribution in [0.25, 0.3) is 0 Å². The van der Waals surface area contributed by atoms with Gasteiger partial charge < -0.3 is 5.32 Å². The maximum absolute atomic E-state index is 13.5. The molecule has 0 bridgehead atoms. The van der Waals surface area contributed by atoms with E-state index in [0.29, 0.717) is 18.0 Å². The summed E-state index contributed by atoms with van der Waals surface area (Å²) in [7, 11) is 0. The van der Waals surface area contributed by atoms with E-state index in [0.717, 1.165) is 31.7 Å². The average Bonchev–Trinajstić information content (AvgIpc) is 2.81. The normalized spacial score (nSPS) is 18.5. The van der Waals surface area contributed by atoms with Crippen molar-refractivity contribution in [1.82, 2.24) is 5.32 Å². The van der Waals surface area contributed by atoms with Crippen molar-refractivity contribution in [2.45, 2.75) is 37.8 Å². The molecular weight excluding hydrogens is 244 g/mol. The smallest absolute Gasteiger partial charge is 0.163 e. The van der Waals surface area contributed by atoms with Crippen LogP contribution in [0, 0.1) is 11.6 Å². The molecule has 0 unspecified atom stereocenters. The van der Waals surface area contributed by atoms with Gasteiger partial charge in [0.15, 0.2) is 11.6 Å². The van der Waals surface area contributed by atoms with E-state index in [1.54, 1.807) is 6.07 Å². The lowest BCUT2D eigenvalue weighted by molar-refractivity contribution is 0.362. The summed E-state index contributed by atoms with van der Waals surface area (Å²) in [5, 5.41) is 3.29. The third kappa shape index (κ3) is 2.78. The molecule has 1 aromatic rings. The lowest BCUT2D eigenvalue weighted by Gasteiger charge is -2.28. The predicted molar refractivity (Wildman–Crippen MR) is 65.1 cm³/mol. The fraction of sp³-hybridized carbons (Fsp3) is 0.538. The minimum absolute atomic E-state index is 0.0969. The molecule has 1 aromatic carbocycles. The van der Waals surface area contributed by atoms with Gasteiger partial charge in [0.2, 0.25) is 0 Å². The van der Waals surface area contributed by atoms with Gasteiger partial charge in [0.05, 0.1) is 0 Å². The van der Waals surface area contributed by atoms with Crippen LogP contribution in [-0.4, -0.2) is 11.4 Å². The van der Waals surface area contributed by atoms with E-state index in [1.165, 1.54) is 6.07 Å². The summed E-state index contributed by atoms with van der Waals surface area (Å²) in [5.74, 6) is -1.04. The van der Waals surface area contributed by atoms with Crippen LogP contribution >= 0.6 is 11.6 Å². The molecule has 0 spiro atoms. The second kappa shape index (κ2) is 5.32. The number of halogens is 3. The molecule has 0 heterocycles. The molecule has 0 aliphatic heterocycles. The summed E-state index contributed by atoms with van der Waals surface area (Å²) in [4.78, 5) is 0. The first kappa shape index (κ1) is 12.8. The number of benzene rings is 1. The van der Waals surface area contributed by atoms with Crippen molar-refractivity contribution in [3.63, 3.8) is 0 Å². The highest BCUT2D eigenvalue weighted by molar-refractivity contribution is 6.18. The van der Waals surface area contributed by atoms with Gasteiger partial charge in [-0.25, -0.2) is 8.78 Å². The Labute approximate surface area is 105 Å². The Morgan fingerprint density at radius 1 is 1.24 bits per heavy atom. The Morgan fingerprint density at radius 2 is 1.94 bits per heavy atom. The summed E-state index contributed by atoms with van der Waals surface area (Å²) in [5.41, 5.74) is 0.265. The second-order valence-corrected chi connectivity index (χ2v) is 4.95. The van der Waals surface area contributed by atoms with Crippen molar-refractivity contribution in [2.24, 2.45) is 0 Å². The molecule has 1 fully saturated rings. The number of alkyl halides is 1. The summed E-state index contributed by atoms with van der Waals surface area (Å²) in [6.07, 6.45) is 4.30. The summed E-state index contributed by atoms with van der Waals surface area (Å²) in [6, 6.07) is 4.26. The Balaban J connectivity index is 2.04. The minimum Gasteiger partial charge on any atom is -0.306 e. The molecule has 94 valence electrons. The molecule has 2 rings (SSSR count). The van der Waals surface area contributed by atoms with Gasteiger partial charge >= 0.3 is 0 Å². The quantitative estimate of drug-likeness (QED) is 0.815. The Bertz CT molecular complexity index is 389. The van der Waals surface area contributed by atoms with E-state index >= 15 is 0 Å². The fourth-order valence-electron chi connectivity index (χ4n) is 2.38. The van der Waals surface area contributed by atoms with Crippen LogP contribution in [0.1, 0.15) is 31.2 Å². The van der Waals surface area contributed by atoms with Crippen LogP contribution in [0.3, 0.4) is 0 Å². The molecule has 1 saturated carbocycles. The summed E-state index contributed by atoms with van der Waals surface area (Å²) < 4.78 is 26.5. The SMILES string of the molecule is Fc1cccc(CNC2(CCl)CCCC2)c1F. The molecule has 0 radical (unpaired) electrons. The largest absolute Gasteiger partial charge is 0.306 e. The van der Waals surface area contributed by atoms with Crippen molar-refractivity contribution < 1.29 is 8.78 Å². The molecule has 0 amide bonds. The first-order chi connectivity index (χ1) is 8.17. The molecule has 1 nitrogen and oxygen atoms in total. The maximum Gasteiger partial charge on any atom is 0.163 e. The van der Waals surface area contributed by atoms with Gasteiger partial charge in [-0.15, -0.1) is 11.6 Å². The van der Waals surface area contributed by atoms with Crippen molar-refractivity contribution in [3.8, 4) is 0 Å². The summed E-state index contributed by atoms with van der Waals surface area (Å²) in [6.45, 7) is 0.330. The molecule has 4 heteroatoms. The van der Waals surface area contributed by atoms with Crippen LogP contribution < -0.4 is 5.32 Å². The predicted octanol–water partition coefficient (Wildman–Crippen LogP) is 3.61. The molecule has 1 N–H and O–H groups in total. The van der Waals surface area contributed by atoms with Crippen molar-refractivity contribution in [3.05, 3.63) is 35.4 Å². The zero-order valence-corrected chi connectivity index (χ0v) is 10.4. The van der Waals surface area contributed by atoms with E-state index in [9.17, 15) is 8.78 Å². The van der Waals surface area contributed by atoms with Crippen LogP contribution in [0.15, 0.2) is 18.2 Å². The number of hydrogen-bond acceptors (Lipinski definition) is 1. The Morgan fingerprint density at radius 3 is 2.59 bits per heavy atom. The van der Waals surface area contributed by atoms with E-state index in [2.05, 4.69) is 5.32 Å². The van der Waals surface area contributed by atoms with Crippen LogP contribution in [0.5, 0.6) is 0 Å². The van der Waals surface area contributed by atoms with E-state index in [1.807, 2.05) is 0 Å². The molecule has 1 aliphatic rings. The minimum atomic E-state index is -0.796. The van der Waals surface area contributed by atoms with Gasteiger partial charge in [-0.2, -0.15) is 0 Å². The average molecular weight is 260 g/mol. The van der Waals surface area contributed by atoms with Gasteiger partial charge in [-0.3, -0.25) is 0 Å². The van der Waals surface area contributed by atoms with Gasteiger partial charge in [-0.05, 0) is 18.9 Å². The molecular formula is C13H16ClF2N. The topological polar surface area (TPSA) is 12.0 Å². The van der Waals surface area contributed by atoms with E-state index in [4.69, 9.17) is 11.6 Å². The lowest BCUT2D eigenvalue weighted by atomic mass is 10.00. The molecule has 0 saturated heterocycles. The first-order valence-corrected chi connectivity index (χ1v) is 6.44. The van der Waals surface area contributed by atoms with Gasteiger partial charge in [-0.1, -0.05) is 25.0 Å². The fourth-order valence-corrected chi connectivity index (χ4v) is 2.74. The maximum atomic E-state index is 13.5. The Hall–Kier alpha value is -0.670.